The first kappa shape index (κ1) is 13.4. The number of halogens is 1. The molecule has 108 valence electrons. The van der Waals surface area contributed by atoms with E-state index in [4.69, 9.17) is 16.3 Å². The third kappa shape index (κ3) is 2.00. The van der Waals surface area contributed by atoms with Gasteiger partial charge < -0.3 is 9.84 Å². The molecule has 0 saturated heterocycles. The Kier molecular flexibility index (Phi) is 2.96. The highest BCUT2D eigenvalue weighted by molar-refractivity contribution is 7.18. The summed E-state index contributed by atoms with van der Waals surface area (Å²) in [6, 6.07) is 14.7. The molecule has 0 spiro atoms. The van der Waals surface area contributed by atoms with Gasteiger partial charge in [0.2, 0.25) is 0 Å². The van der Waals surface area contributed by atoms with Gasteiger partial charge in [0.25, 0.3) is 0 Å². The van der Waals surface area contributed by atoms with E-state index in [1.54, 1.807) is 12.1 Å². The Morgan fingerprint density at radius 2 is 1.77 bits per heavy atom. The van der Waals surface area contributed by atoms with Crippen molar-refractivity contribution in [2.75, 3.05) is 0 Å². The molecular weight excluding hydrogens is 320 g/mol. The summed E-state index contributed by atoms with van der Waals surface area (Å²) in [5.41, 5.74) is 2.56. The molecule has 0 amide bonds. The number of aromatic carboxylic acids is 1. The summed E-state index contributed by atoms with van der Waals surface area (Å²) in [7, 11) is 0. The monoisotopic (exact) mass is 328 g/mol. The van der Waals surface area contributed by atoms with Crippen LogP contribution in [0.2, 0.25) is 5.02 Å². The number of thiophene rings is 1. The molecule has 0 unspecified atom stereocenters. The molecular formula is C17H9ClO3S. The predicted octanol–water partition coefficient (Wildman–Crippen LogP) is 5.54. The number of carbonyl (C=O) groups is 1. The van der Waals surface area contributed by atoms with Crippen LogP contribution in [0, 0.1) is 0 Å². The van der Waals surface area contributed by atoms with Crippen LogP contribution in [-0.2, 0) is 0 Å². The Morgan fingerprint density at radius 3 is 2.59 bits per heavy atom. The van der Waals surface area contributed by atoms with Crippen LogP contribution in [0.15, 0.2) is 48.5 Å². The molecule has 0 aliphatic carbocycles. The van der Waals surface area contributed by atoms with Crippen LogP contribution in [0.5, 0.6) is 11.5 Å². The molecule has 2 heterocycles. The molecule has 1 aromatic heterocycles. The van der Waals surface area contributed by atoms with Gasteiger partial charge in [-0.1, -0.05) is 29.8 Å². The van der Waals surface area contributed by atoms with E-state index in [0.29, 0.717) is 21.4 Å². The average molecular weight is 329 g/mol. The molecule has 22 heavy (non-hydrogen) atoms. The first-order chi connectivity index (χ1) is 10.6. The predicted molar refractivity (Wildman–Crippen MR) is 87.2 cm³/mol. The van der Waals surface area contributed by atoms with Crippen LogP contribution < -0.4 is 4.74 Å². The summed E-state index contributed by atoms with van der Waals surface area (Å²) in [6.45, 7) is 0. The molecule has 0 radical (unpaired) electrons. The Labute approximate surface area is 135 Å². The normalized spacial score (nSPS) is 11.7. The van der Waals surface area contributed by atoms with Gasteiger partial charge in [0.05, 0.1) is 0 Å². The lowest BCUT2D eigenvalue weighted by Gasteiger charge is -2.08. The Hall–Kier alpha value is -2.30. The zero-order valence-electron chi connectivity index (χ0n) is 11.2. The summed E-state index contributed by atoms with van der Waals surface area (Å²) in [6.07, 6.45) is 0. The Balaban J connectivity index is 2.09. The van der Waals surface area contributed by atoms with Crippen molar-refractivity contribution in [2.24, 2.45) is 0 Å². The van der Waals surface area contributed by atoms with E-state index in [1.165, 1.54) is 11.3 Å². The summed E-state index contributed by atoms with van der Waals surface area (Å²) in [4.78, 5) is 12.5. The highest BCUT2D eigenvalue weighted by Crippen LogP contribution is 2.50. The number of rotatable bonds is 1. The number of ether oxygens (including phenoxy) is 1. The van der Waals surface area contributed by atoms with Crippen LogP contribution in [-0.4, -0.2) is 11.1 Å². The molecule has 0 saturated carbocycles. The molecule has 1 aliphatic heterocycles. The molecule has 2 aromatic carbocycles. The standard InChI is InChI=1S/C17H9ClO3S/c18-9-5-6-14-12(7-9)16-11(8-15(22-16)17(19)20)10-3-1-2-4-13(10)21-14/h1-8H,(H,19,20). The lowest BCUT2D eigenvalue weighted by atomic mass is 10.0. The number of fused-ring (bicyclic) bond motifs is 5. The van der Waals surface area contributed by atoms with E-state index in [9.17, 15) is 9.90 Å². The second-order valence-electron chi connectivity index (χ2n) is 4.90. The fraction of sp³-hybridized carbons (Fsp3) is 0. The zero-order chi connectivity index (χ0) is 15.3. The van der Waals surface area contributed by atoms with E-state index in [1.807, 2.05) is 36.4 Å². The molecule has 3 nitrogen and oxygen atoms in total. The van der Waals surface area contributed by atoms with Crippen molar-refractivity contribution in [3.05, 3.63) is 58.4 Å². The number of hydrogen-bond donors (Lipinski definition) is 1. The van der Waals surface area contributed by atoms with Crippen LogP contribution >= 0.6 is 22.9 Å². The van der Waals surface area contributed by atoms with Gasteiger partial charge in [-0.2, -0.15) is 0 Å². The number of carboxylic acid groups (broad SMARTS) is 1. The smallest absolute Gasteiger partial charge is 0.345 e. The van der Waals surface area contributed by atoms with Crippen molar-refractivity contribution in [2.45, 2.75) is 0 Å². The van der Waals surface area contributed by atoms with Crippen molar-refractivity contribution < 1.29 is 14.6 Å². The fourth-order valence-corrected chi connectivity index (χ4v) is 3.77. The molecule has 5 heteroatoms. The van der Waals surface area contributed by atoms with Crippen molar-refractivity contribution in [1.82, 2.24) is 0 Å². The quantitative estimate of drug-likeness (QED) is 0.499. The van der Waals surface area contributed by atoms with Gasteiger partial charge >= 0.3 is 5.97 Å². The van der Waals surface area contributed by atoms with Crippen molar-refractivity contribution in [3.63, 3.8) is 0 Å². The second kappa shape index (κ2) is 4.87. The Morgan fingerprint density at radius 1 is 1.00 bits per heavy atom. The first-order valence-corrected chi connectivity index (χ1v) is 7.77. The number of hydrogen-bond acceptors (Lipinski definition) is 3. The largest absolute Gasteiger partial charge is 0.477 e. The average Bonchev–Trinajstić information content (AvgIpc) is 2.90. The highest BCUT2D eigenvalue weighted by atomic mass is 35.5. The van der Waals surface area contributed by atoms with Crippen molar-refractivity contribution >= 4 is 28.9 Å². The van der Waals surface area contributed by atoms with E-state index in [0.717, 1.165) is 21.6 Å². The lowest BCUT2D eigenvalue weighted by Crippen LogP contribution is -1.90. The van der Waals surface area contributed by atoms with Crippen LogP contribution in [0.1, 0.15) is 9.67 Å². The van der Waals surface area contributed by atoms with Crippen LogP contribution in [0.3, 0.4) is 0 Å². The van der Waals surface area contributed by atoms with Gasteiger partial charge in [-0.15, -0.1) is 11.3 Å². The lowest BCUT2D eigenvalue weighted by molar-refractivity contribution is 0.0702. The second-order valence-corrected chi connectivity index (χ2v) is 6.39. The van der Waals surface area contributed by atoms with Gasteiger partial charge in [0, 0.05) is 26.6 Å². The molecule has 3 aromatic rings. The zero-order valence-corrected chi connectivity index (χ0v) is 12.7. The van der Waals surface area contributed by atoms with Crippen molar-refractivity contribution in [1.29, 1.82) is 0 Å². The molecule has 0 bridgehead atoms. The SMILES string of the molecule is O=C(O)c1cc2c(s1)-c1cc(Cl)ccc1Oc1ccccc1-2. The van der Waals surface area contributed by atoms with Gasteiger partial charge in [-0.25, -0.2) is 4.79 Å². The minimum atomic E-state index is -0.931. The minimum absolute atomic E-state index is 0.299. The van der Waals surface area contributed by atoms with Crippen LogP contribution in [0.4, 0.5) is 0 Å². The van der Waals surface area contributed by atoms with Gasteiger partial charge in [0.1, 0.15) is 16.4 Å². The summed E-state index contributed by atoms with van der Waals surface area (Å²) >= 11 is 7.34. The minimum Gasteiger partial charge on any atom is -0.477 e. The topological polar surface area (TPSA) is 46.5 Å². The van der Waals surface area contributed by atoms with Gasteiger partial charge in [-0.05, 0) is 30.3 Å². The van der Waals surface area contributed by atoms with Gasteiger partial charge in [0.15, 0.2) is 0 Å². The molecule has 4 rings (SSSR count). The maximum absolute atomic E-state index is 11.3. The molecule has 0 fully saturated rings. The van der Waals surface area contributed by atoms with Crippen molar-refractivity contribution in [3.8, 4) is 33.1 Å². The van der Waals surface area contributed by atoms with E-state index < -0.39 is 5.97 Å². The number of para-hydroxylation sites is 1. The number of carboxylic acids is 1. The summed E-state index contributed by atoms with van der Waals surface area (Å²) in [5.74, 6) is 0.453. The van der Waals surface area contributed by atoms with E-state index >= 15 is 0 Å². The maximum atomic E-state index is 11.3. The van der Waals surface area contributed by atoms with Crippen LogP contribution in [0.25, 0.3) is 21.6 Å². The highest BCUT2D eigenvalue weighted by Gasteiger charge is 2.24. The summed E-state index contributed by atoms with van der Waals surface area (Å²) in [5, 5.41) is 9.90. The van der Waals surface area contributed by atoms with E-state index in [2.05, 4.69) is 0 Å². The Bertz CT molecular complexity index is 914. The maximum Gasteiger partial charge on any atom is 0.345 e. The molecule has 1 aliphatic rings. The molecule has 1 N–H and O–H groups in total. The molecule has 0 atom stereocenters. The third-order valence-corrected chi connectivity index (χ3v) is 4.92. The number of benzene rings is 2. The van der Waals surface area contributed by atoms with E-state index in [-0.39, 0.29) is 0 Å². The third-order valence-electron chi connectivity index (χ3n) is 3.53. The fourth-order valence-electron chi connectivity index (χ4n) is 2.56. The first-order valence-electron chi connectivity index (χ1n) is 6.58. The van der Waals surface area contributed by atoms with Gasteiger partial charge in [-0.3, -0.25) is 0 Å². The summed E-state index contributed by atoms with van der Waals surface area (Å²) < 4.78 is 6.00.